The zero-order valence-electron chi connectivity index (χ0n) is 12.6. The molecule has 0 radical (unpaired) electrons. The van der Waals surface area contributed by atoms with Gasteiger partial charge in [-0.3, -0.25) is 0 Å². The van der Waals surface area contributed by atoms with Crippen LogP contribution in [0.15, 0.2) is 0 Å². The SMILES string of the molecule is CCCCCCCCCCCCCCCO[N+](=O)[O-]. The molecule has 0 fully saturated rings. The van der Waals surface area contributed by atoms with E-state index in [1.54, 1.807) is 0 Å². The highest BCUT2D eigenvalue weighted by molar-refractivity contribution is 4.48. The lowest BCUT2D eigenvalue weighted by Gasteiger charge is -2.02. The summed E-state index contributed by atoms with van der Waals surface area (Å²) in [6, 6.07) is 0. The Morgan fingerprint density at radius 2 is 1.11 bits per heavy atom. The molecular weight excluding hydrogens is 242 g/mol. The van der Waals surface area contributed by atoms with Gasteiger partial charge >= 0.3 is 0 Å². The molecule has 0 aliphatic rings. The van der Waals surface area contributed by atoms with Gasteiger partial charge < -0.3 is 4.84 Å². The number of hydrogen-bond donors (Lipinski definition) is 0. The van der Waals surface area contributed by atoms with E-state index < -0.39 is 5.09 Å². The van der Waals surface area contributed by atoms with Crippen molar-refractivity contribution in [1.82, 2.24) is 0 Å². The van der Waals surface area contributed by atoms with E-state index in [0.29, 0.717) is 0 Å². The van der Waals surface area contributed by atoms with Crippen molar-refractivity contribution in [2.75, 3.05) is 6.61 Å². The first-order chi connectivity index (χ1) is 9.27. The Morgan fingerprint density at radius 1 is 0.737 bits per heavy atom. The molecule has 0 heterocycles. The topological polar surface area (TPSA) is 52.4 Å². The molecule has 4 nitrogen and oxygen atoms in total. The fraction of sp³-hybridized carbons (Fsp3) is 1.00. The summed E-state index contributed by atoms with van der Waals surface area (Å²) in [4.78, 5) is 14.2. The standard InChI is InChI=1S/C15H31NO3/c1-2-3-4-5-6-7-8-9-10-11-12-13-14-15-19-16(17)18/h2-15H2,1H3. The predicted octanol–water partition coefficient (Wildman–Crippen LogP) is 5.29. The maximum Gasteiger partial charge on any atom is 0.294 e. The highest BCUT2D eigenvalue weighted by atomic mass is 16.9. The summed E-state index contributed by atoms with van der Waals surface area (Å²) in [5, 5.41) is 9.19. The number of unbranched alkanes of at least 4 members (excludes halogenated alkanes) is 12. The minimum atomic E-state index is -0.708. The minimum Gasteiger partial charge on any atom is -0.314 e. The summed E-state index contributed by atoms with van der Waals surface area (Å²) in [7, 11) is 0. The van der Waals surface area contributed by atoms with Crippen molar-refractivity contribution >= 4 is 0 Å². The third kappa shape index (κ3) is 17.2. The van der Waals surface area contributed by atoms with Crippen LogP contribution in [-0.2, 0) is 4.84 Å². The Labute approximate surface area is 118 Å². The molecule has 0 aliphatic carbocycles. The molecule has 0 atom stereocenters. The van der Waals surface area contributed by atoms with Crippen LogP contribution in [0.1, 0.15) is 90.4 Å². The molecule has 0 saturated carbocycles. The molecule has 0 aromatic rings. The average Bonchev–Trinajstić information content (AvgIpc) is 2.39. The van der Waals surface area contributed by atoms with Crippen LogP contribution in [0.2, 0.25) is 0 Å². The van der Waals surface area contributed by atoms with Crippen molar-refractivity contribution < 1.29 is 9.92 Å². The van der Waals surface area contributed by atoms with Crippen LogP contribution in [0.5, 0.6) is 0 Å². The quantitative estimate of drug-likeness (QED) is 0.231. The minimum absolute atomic E-state index is 0.255. The van der Waals surface area contributed by atoms with Crippen molar-refractivity contribution in [3.05, 3.63) is 10.1 Å². The first-order valence-electron chi connectivity index (χ1n) is 8.04. The first kappa shape index (κ1) is 18.2. The number of rotatable bonds is 15. The van der Waals surface area contributed by atoms with Crippen molar-refractivity contribution in [2.45, 2.75) is 90.4 Å². The Bertz CT molecular complexity index is 198. The third-order valence-electron chi connectivity index (χ3n) is 3.44. The van der Waals surface area contributed by atoms with Crippen molar-refractivity contribution in [2.24, 2.45) is 0 Å². The van der Waals surface area contributed by atoms with E-state index in [4.69, 9.17) is 0 Å². The van der Waals surface area contributed by atoms with Gasteiger partial charge in [0.25, 0.3) is 5.09 Å². The van der Waals surface area contributed by atoms with Gasteiger partial charge in [-0.05, 0) is 6.42 Å². The lowest BCUT2D eigenvalue weighted by molar-refractivity contribution is -0.757. The first-order valence-corrected chi connectivity index (χ1v) is 8.04. The molecule has 0 N–H and O–H groups in total. The van der Waals surface area contributed by atoms with Crippen LogP contribution < -0.4 is 0 Å². The summed E-state index contributed by atoms with van der Waals surface area (Å²) < 4.78 is 0. The monoisotopic (exact) mass is 273 g/mol. The Hall–Kier alpha value is -0.800. The summed E-state index contributed by atoms with van der Waals surface area (Å²) in [5.74, 6) is 0. The second-order valence-corrected chi connectivity index (χ2v) is 5.30. The molecule has 4 heteroatoms. The van der Waals surface area contributed by atoms with Gasteiger partial charge in [-0.1, -0.05) is 84.0 Å². The molecule has 0 saturated heterocycles. The molecule has 0 unspecified atom stereocenters. The van der Waals surface area contributed by atoms with Crippen molar-refractivity contribution in [3.8, 4) is 0 Å². The maximum atomic E-state index is 9.90. The fourth-order valence-electron chi connectivity index (χ4n) is 2.26. The van der Waals surface area contributed by atoms with Gasteiger partial charge in [0.2, 0.25) is 0 Å². The van der Waals surface area contributed by atoms with Crippen LogP contribution in [0.4, 0.5) is 0 Å². The molecule has 19 heavy (non-hydrogen) atoms. The van der Waals surface area contributed by atoms with Crippen LogP contribution in [-0.4, -0.2) is 11.7 Å². The highest BCUT2D eigenvalue weighted by Gasteiger charge is 1.95. The third-order valence-corrected chi connectivity index (χ3v) is 3.44. The second-order valence-electron chi connectivity index (χ2n) is 5.30. The molecular formula is C15H31NO3. The van der Waals surface area contributed by atoms with E-state index in [9.17, 15) is 10.1 Å². The van der Waals surface area contributed by atoms with Crippen LogP contribution >= 0.6 is 0 Å². The molecule has 0 aliphatic heterocycles. The van der Waals surface area contributed by atoms with Crippen LogP contribution in [0.25, 0.3) is 0 Å². The fourth-order valence-corrected chi connectivity index (χ4v) is 2.26. The molecule has 0 spiro atoms. The van der Waals surface area contributed by atoms with Gasteiger partial charge in [0.05, 0.1) is 6.61 Å². The van der Waals surface area contributed by atoms with Gasteiger partial charge in [0.15, 0.2) is 0 Å². The average molecular weight is 273 g/mol. The van der Waals surface area contributed by atoms with E-state index in [1.165, 1.54) is 70.6 Å². The Morgan fingerprint density at radius 3 is 1.47 bits per heavy atom. The van der Waals surface area contributed by atoms with Crippen molar-refractivity contribution in [3.63, 3.8) is 0 Å². The Balaban J connectivity index is 2.93. The highest BCUT2D eigenvalue weighted by Crippen LogP contribution is 2.12. The van der Waals surface area contributed by atoms with Gasteiger partial charge in [0.1, 0.15) is 0 Å². The van der Waals surface area contributed by atoms with Gasteiger partial charge in [0, 0.05) is 0 Å². The number of nitrogens with zero attached hydrogens (tertiary/aromatic N) is 1. The molecule has 114 valence electrons. The molecule has 0 aromatic heterocycles. The second kappa shape index (κ2) is 15.3. The lowest BCUT2D eigenvalue weighted by Crippen LogP contribution is -2.01. The summed E-state index contributed by atoms with van der Waals surface area (Å²) in [6.07, 6.45) is 16.6. The molecule has 0 aromatic carbocycles. The largest absolute Gasteiger partial charge is 0.314 e. The molecule has 0 bridgehead atoms. The summed E-state index contributed by atoms with van der Waals surface area (Å²) in [6.45, 7) is 2.51. The van der Waals surface area contributed by atoms with Crippen LogP contribution in [0.3, 0.4) is 0 Å². The van der Waals surface area contributed by atoms with E-state index in [1.807, 2.05) is 0 Å². The summed E-state index contributed by atoms with van der Waals surface area (Å²) in [5.41, 5.74) is 0. The van der Waals surface area contributed by atoms with Gasteiger partial charge in [-0.15, -0.1) is 10.1 Å². The predicted molar refractivity (Wildman–Crippen MR) is 78.6 cm³/mol. The summed E-state index contributed by atoms with van der Waals surface area (Å²) >= 11 is 0. The van der Waals surface area contributed by atoms with E-state index in [2.05, 4.69) is 11.8 Å². The normalized spacial score (nSPS) is 10.6. The zero-order valence-corrected chi connectivity index (χ0v) is 12.6. The van der Waals surface area contributed by atoms with Gasteiger partial charge in [-0.2, -0.15) is 0 Å². The number of hydrogen-bond acceptors (Lipinski definition) is 3. The maximum absolute atomic E-state index is 9.90. The van der Waals surface area contributed by atoms with Crippen LogP contribution in [0, 0.1) is 10.1 Å². The smallest absolute Gasteiger partial charge is 0.294 e. The Kier molecular flexibility index (Phi) is 14.6. The molecule has 0 rings (SSSR count). The van der Waals surface area contributed by atoms with Gasteiger partial charge in [-0.25, -0.2) is 0 Å². The molecule has 0 amide bonds. The van der Waals surface area contributed by atoms with E-state index in [0.717, 1.165) is 12.8 Å². The van der Waals surface area contributed by atoms with E-state index >= 15 is 0 Å². The van der Waals surface area contributed by atoms with Crippen molar-refractivity contribution in [1.29, 1.82) is 0 Å². The lowest BCUT2D eigenvalue weighted by atomic mass is 10.0. The van der Waals surface area contributed by atoms with E-state index in [-0.39, 0.29) is 6.61 Å². The zero-order chi connectivity index (χ0) is 14.2.